The van der Waals surface area contributed by atoms with Crippen LogP contribution in [0.4, 0.5) is 0 Å². The Bertz CT molecular complexity index is 331. The van der Waals surface area contributed by atoms with Crippen LogP contribution in [0.25, 0.3) is 0 Å². The van der Waals surface area contributed by atoms with Gasteiger partial charge in [-0.2, -0.15) is 0 Å². The van der Waals surface area contributed by atoms with E-state index < -0.39 is 11.8 Å². The van der Waals surface area contributed by atoms with Crippen LogP contribution in [-0.2, 0) is 14.4 Å². The normalized spacial score (nSPS) is 14.8. The van der Waals surface area contributed by atoms with Crippen LogP contribution in [0.2, 0.25) is 0 Å². The molecule has 0 saturated carbocycles. The molecule has 0 atom stereocenters. The maximum atomic E-state index is 11.2. The molecule has 0 aromatic heterocycles. The molecule has 1 saturated heterocycles. The Morgan fingerprint density at radius 1 is 1.31 bits per heavy atom. The van der Waals surface area contributed by atoms with E-state index in [-0.39, 0.29) is 30.9 Å². The Morgan fingerprint density at radius 3 is 2.38 bits per heavy atom. The number of carbonyl (C=O) groups is 3. The Balaban J connectivity index is 2.30. The fraction of sp³-hybridized carbons (Fsp3) is 0.556. The van der Waals surface area contributed by atoms with Gasteiger partial charge in [0.15, 0.2) is 0 Å². The van der Waals surface area contributed by atoms with Crippen molar-refractivity contribution in [3.05, 3.63) is 0 Å². The highest BCUT2D eigenvalue weighted by atomic mass is 16.2. The lowest BCUT2D eigenvalue weighted by molar-refractivity contribution is -0.135. The SMILES string of the molecule is CC(C)NC(=O)CCN=C1NC(=O)C(=O)N1. The van der Waals surface area contributed by atoms with Gasteiger partial charge in [-0.3, -0.25) is 30.0 Å². The first-order valence-electron chi connectivity index (χ1n) is 4.95. The fourth-order valence-electron chi connectivity index (χ4n) is 1.10. The van der Waals surface area contributed by atoms with Crippen molar-refractivity contribution in [2.75, 3.05) is 6.54 Å². The Labute approximate surface area is 92.7 Å². The number of carbonyl (C=O) groups excluding carboxylic acids is 3. The number of hydrogen-bond donors (Lipinski definition) is 3. The number of hydrogen-bond acceptors (Lipinski definition) is 4. The predicted octanol–water partition coefficient (Wildman–Crippen LogP) is -1.50. The van der Waals surface area contributed by atoms with Crippen molar-refractivity contribution in [1.29, 1.82) is 0 Å². The van der Waals surface area contributed by atoms with Gasteiger partial charge in [0.05, 0.1) is 6.54 Å². The molecule has 0 aromatic rings. The highest BCUT2D eigenvalue weighted by molar-refractivity contribution is 6.45. The number of amides is 3. The summed E-state index contributed by atoms with van der Waals surface area (Å²) in [7, 11) is 0. The molecule has 1 aliphatic heterocycles. The van der Waals surface area contributed by atoms with E-state index in [1.165, 1.54) is 0 Å². The van der Waals surface area contributed by atoms with Gasteiger partial charge in [0.1, 0.15) is 0 Å². The summed E-state index contributed by atoms with van der Waals surface area (Å²) in [5.41, 5.74) is 0. The van der Waals surface area contributed by atoms with E-state index in [2.05, 4.69) is 20.9 Å². The third-order valence-electron chi connectivity index (χ3n) is 1.73. The molecule has 7 heteroatoms. The Morgan fingerprint density at radius 2 is 1.88 bits per heavy atom. The van der Waals surface area contributed by atoms with Gasteiger partial charge in [0, 0.05) is 12.5 Å². The van der Waals surface area contributed by atoms with Crippen molar-refractivity contribution >= 4 is 23.7 Å². The first-order chi connectivity index (χ1) is 7.49. The first-order valence-corrected chi connectivity index (χ1v) is 4.95. The zero-order valence-electron chi connectivity index (χ0n) is 9.16. The summed E-state index contributed by atoms with van der Waals surface area (Å²) in [5.74, 6) is -1.47. The number of nitrogens with one attached hydrogen (secondary N) is 3. The monoisotopic (exact) mass is 226 g/mol. The molecule has 88 valence electrons. The van der Waals surface area contributed by atoms with Crippen LogP contribution >= 0.6 is 0 Å². The van der Waals surface area contributed by atoms with E-state index in [0.717, 1.165) is 0 Å². The maximum Gasteiger partial charge on any atom is 0.316 e. The third-order valence-corrected chi connectivity index (χ3v) is 1.73. The van der Waals surface area contributed by atoms with Crippen LogP contribution in [0, 0.1) is 0 Å². The summed E-state index contributed by atoms with van der Waals surface area (Å²) < 4.78 is 0. The van der Waals surface area contributed by atoms with Gasteiger partial charge in [0.2, 0.25) is 11.9 Å². The molecule has 1 rings (SSSR count). The van der Waals surface area contributed by atoms with Crippen LogP contribution in [-0.4, -0.2) is 36.3 Å². The number of aliphatic imine (C=N–C) groups is 1. The molecule has 0 radical (unpaired) electrons. The molecule has 0 spiro atoms. The van der Waals surface area contributed by atoms with Gasteiger partial charge in [-0.25, -0.2) is 0 Å². The summed E-state index contributed by atoms with van der Waals surface area (Å²) in [6, 6.07) is 0.0889. The second-order valence-corrected chi connectivity index (χ2v) is 3.61. The molecule has 0 unspecified atom stereocenters. The summed E-state index contributed by atoms with van der Waals surface area (Å²) in [6.45, 7) is 3.94. The van der Waals surface area contributed by atoms with Gasteiger partial charge in [0.25, 0.3) is 0 Å². The minimum absolute atomic E-state index is 0.0889. The molecule has 3 amide bonds. The van der Waals surface area contributed by atoms with E-state index in [9.17, 15) is 14.4 Å². The number of rotatable bonds is 4. The second-order valence-electron chi connectivity index (χ2n) is 3.61. The minimum atomic E-state index is -0.731. The van der Waals surface area contributed by atoms with Gasteiger partial charge in [-0.1, -0.05) is 0 Å². The van der Waals surface area contributed by atoms with E-state index in [4.69, 9.17) is 0 Å². The van der Waals surface area contributed by atoms with Crippen molar-refractivity contribution in [1.82, 2.24) is 16.0 Å². The van der Waals surface area contributed by atoms with Gasteiger partial charge in [-0.05, 0) is 13.8 Å². The van der Waals surface area contributed by atoms with E-state index in [1.54, 1.807) is 0 Å². The van der Waals surface area contributed by atoms with Crippen LogP contribution < -0.4 is 16.0 Å². The summed E-state index contributed by atoms with van der Waals surface area (Å²) in [4.78, 5) is 36.6. The van der Waals surface area contributed by atoms with Crippen molar-refractivity contribution in [3.8, 4) is 0 Å². The maximum absolute atomic E-state index is 11.2. The summed E-state index contributed by atoms with van der Waals surface area (Å²) in [5, 5.41) is 7.18. The number of nitrogens with zero attached hydrogens (tertiary/aromatic N) is 1. The molecule has 0 aliphatic carbocycles. The average molecular weight is 226 g/mol. The van der Waals surface area contributed by atoms with Gasteiger partial charge < -0.3 is 5.32 Å². The zero-order valence-corrected chi connectivity index (χ0v) is 9.16. The zero-order chi connectivity index (χ0) is 12.1. The van der Waals surface area contributed by atoms with Crippen LogP contribution in [0.3, 0.4) is 0 Å². The summed E-state index contributed by atoms with van der Waals surface area (Å²) in [6.07, 6.45) is 0.216. The quantitative estimate of drug-likeness (QED) is 0.509. The molecular formula is C9H14N4O3. The highest BCUT2D eigenvalue weighted by Crippen LogP contribution is 1.88. The lowest BCUT2D eigenvalue weighted by Crippen LogP contribution is -2.31. The van der Waals surface area contributed by atoms with Gasteiger partial charge in [-0.15, -0.1) is 0 Å². The lowest BCUT2D eigenvalue weighted by atomic mass is 10.3. The molecule has 0 aromatic carbocycles. The first kappa shape index (κ1) is 12.2. The second kappa shape index (κ2) is 5.24. The topological polar surface area (TPSA) is 99.7 Å². The van der Waals surface area contributed by atoms with E-state index in [1.807, 2.05) is 13.8 Å². The Hall–Kier alpha value is -1.92. The van der Waals surface area contributed by atoms with E-state index in [0.29, 0.717) is 0 Å². The minimum Gasteiger partial charge on any atom is -0.354 e. The molecule has 7 nitrogen and oxygen atoms in total. The van der Waals surface area contributed by atoms with Crippen molar-refractivity contribution < 1.29 is 14.4 Å². The predicted molar refractivity (Wildman–Crippen MR) is 56.5 cm³/mol. The smallest absolute Gasteiger partial charge is 0.316 e. The van der Waals surface area contributed by atoms with Gasteiger partial charge >= 0.3 is 11.8 Å². The fourth-order valence-corrected chi connectivity index (χ4v) is 1.10. The largest absolute Gasteiger partial charge is 0.354 e. The lowest BCUT2D eigenvalue weighted by Gasteiger charge is -2.06. The molecule has 16 heavy (non-hydrogen) atoms. The average Bonchev–Trinajstić information content (AvgIpc) is 2.44. The molecule has 1 heterocycles. The van der Waals surface area contributed by atoms with Crippen LogP contribution in [0.5, 0.6) is 0 Å². The highest BCUT2D eigenvalue weighted by Gasteiger charge is 2.24. The van der Waals surface area contributed by atoms with Crippen molar-refractivity contribution in [3.63, 3.8) is 0 Å². The van der Waals surface area contributed by atoms with Crippen LogP contribution in [0.1, 0.15) is 20.3 Å². The standard InChI is InChI=1S/C9H14N4O3/c1-5(2)11-6(14)3-4-10-9-12-7(15)8(16)13-9/h5H,3-4H2,1-2H3,(H,11,14)(H2,10,12,13,15,16). The molecular weight excluding hydrogens is 212 g/mol. The molecule has 3 N–H and O–H groups in total. The van der Waals surface area contributed by atoms with Crippen LogP contribution in [0.15, 0.2) is 4.99 Å². The van der Waals surface area contributed by atoms with Crippen molar-refractivity contribution in [2.24, 2.45) is 4.99 Å². The number of guanidine groups is 1. The summed E-state index contributed by atoms with van der Waals surface area (Å²) >= 11 is 0. The van der Waals surface area contributed by atoms with Crippen molar-refractivity contribution in [2.45, 2.75) is 26.3 Å². The third kappa shape index (κ3) is 3.68. The van der Waals surface area contributed by atoms with E-state index >= 15 is 0 Å². The molecule has 1 aliphatic rings. The Kier molecular flexibility index (Phi) is 3.98. The molecule has 1 fully saturated rings. The molecule has 0 bridgehead atoms.